The Balaban J connectivity index is 4.75. The Bertz CT molecular complexity index is 213. The second kappa shape index (κ2) is 10.2. The Kier molecular flexibility index (Phi) is 10.4. The molecule has 2 nitrogen and oxygen atoms in total. The SMILES string of the molecule is CCCC(CBr)(CCC)CN(CC)C(C)CN(C)C. The van der Waals surface area contributed by atoms with Crippen molar-refractivity contribution in [2.75, 3.05) is 39.1 Å². The van der Waals surface area contributed by atoms with E-state index in [1.165, 1.54) is 32.2 Å². The summed E-state index contributed by atoms with van der Waals surface area (Å²) in [6, 6.07) is 0.632. The van der Waals surface area contributed by atoms with Gasteiger partial charge in [-0.2, -0.15) is 0 Å². The van der Waals surface area contributed by atoms with Gasteiger partial charge >= 0.3 is 0 Å². The molecule has 0 N–H and O–H groups in total. The molecule has 0 bridgehead atoms. The van der Waals surface area contributed by atoms with Crippen LogP contribution in [0.15, 0.2) is 0 Å². The molecule has 3 heteroatoms. The lowest BCUT2D eigenvalue weighted by Crippen LogP contribution is -2.46. The average Bonchev–Trinajstić information content (AvgIpc) is 2.35. The van der Waals surface area contributed by atoms with Crippen molar-refractivity contribution in [1.29, 1.82) is 0 Å². The molecule has 0 aliphatic heterocycles. The zero-order valence-corrected chi connectivity index (χ0v) is 15.6. The van der Waals surface area contributed by atoms with Gasteiger partial charge in [-0.15, -0.1) is 0 Å². The summed E-state index contributed by atoms with van der Waals surface area (Å²) in [5.74, 6) is 0. The number of nitrogens with zero attached hydrogens (tertiary/aromatic N) is 2. The fraction of sp³-hybridized carbons (Fsp3) is 1.00. The molecular formula is C16H35BrN2. The topological polar surface area (TPSA) is 6.48 Å². The van der Waals surface area contributed by atoms with Gasteiger partial charge in [0.2, 0.25) is 0 Å². The van der Waals surface area contributed by atoms with Crippen LogP contribution in [0.25, 0.3) is 0 Å². The molecule has 0 heterocycles. The molecule has 1 unspecified atom stereocenters. The quantitative estimate of drug-likeness (QED) is 0.521. The van der Waals surface area contributed by atoms with Gasteiger partial charge < -0.3 is 4.90 Å². The van der Waals surface area contributed by atoms with Gasteiger partial charge in [0.05, 0.1) is 0 Å². The van der Waals surface area contributed by atoms with E-state index in [2.05, 4.69) is 67.5 Å². The summed E-state index contributed by atoms with van der Waals surface area (Å²) in [7, 11) is 4.33. The second-order valence-corrected chi connectivity index (χ2v) is 6.87. The van der Waals surface area contributed by atoms with Crippen molar-refractivity contribution >= 4 is 15.9 Å². The number of hydrogen-bond donors (Lipinski definition) is 0. The predicted octanol–water partition coefficient (Wildman–Crippen LogP) is 4.24. The van der Waals surface area contributed by atoms with E-state index in [-0.39, 0.29) is 0 Å². The lowest BCUT2D eigenvalue weighted by Gasteiger charge is -2.40. The van der Waals surface area contributed by atoms with Crippen LogP contribution in [0.3, 0.4) is 0 Å². The van der Waals surface area contributed by atoms with Gasteiger partial charge in [-0.05, 0) is 45.8 Å². The number of alkyl halides is 1. The van der Waals surface area contributed by atoms with Gasteiger partial charge in [-0.3, -0.25) is 4.90 Å². The zero-order chi connectivity index (χ0) is 14.9. The molecule has 1 atom stereocenters. The van der Waals surface area contributed by atoms with Crippen molar-refractivity contribution in [3.63, 3.8) is 0 Å². The summed E-state index contributed by atoms with van der Waals surface area (Å²) in [4.78, 5) is 4.95. The molecule has 0 amide bonds. The highest BCUT2D eigenvalue weighted by Crippen LogP contribution is 2.33. The Morgan fingerprint density at radius 2 is 1.58 bits per heavy atom. The summed E-state index contributed by atoms with van der Waals surface area (Å²) in [5, 5.41) is 1.13. The first kappa shape index (κ1) is 19.4. The van der Waals surface area contributed by atoms with Crippen molar-refractivity contribution in [3.05, 3.63) is 0 Å². The largest absolute Gasteiger partial charge is 0.308 e. The molecule has 0 radical (unpaired) electrons. The van der Waals surface area contributed by atoms with Gasteiger partial charge in [0.15, 0.2) is 0 Å². The molecule has 0 saturated carbocycles. The number of likely N-dealkylation sites (N-methyl/N-ethyl adjacent to an activating group) is 2. The molecule has 0 fully saturated rings. The second-order valence-electron chi connectivity index (χ2n) is 6.31. The summed E-state index contributed by atoms with van der Waals surface area (Å²) < 4.78 is 0. The molecule has 0 spiro atoms. The fourth-order valence-corrected chi connectivity index (χ4v) is 3.91. The van der Waals surface area contributed by atoms with Gasteiger partial charge in [0.25, 0.3) is 0 Å². The van der Waals surface area contributed by atoms with E-state index in [4.69, 9.17) is 0 Å². The third-order valence-electron chi connectivity index (χ3n) is 4.04. The Morgan fingerprint density at radius 3 is 1.89 bits per heavy atom. The van der Waals surface area contributed by atoms with Crippen LogP contribution in [0.4, 0.5) is 0 Å². The van der Waals surface area contributed by atoms with E-state index in [9.17, 15) is 0 Å². The normalized spacial score (nSPS) is 14.4. The first-order valence-corrected chi connectivity index (χ1v) is 9.01. The molecule has 0 aliphatic carbocycles. The van der Waals surface area contributed by atoms with Crippen LogP contribution < -0.4 is 0 Å². The van der Waals surface area contributed by atoms with Gasteiger partial charge in [-0.25, -0.2) is 0 Å². The van der Waals surface area contributed by atoms with Gasteiger partial charge in [0, 0.05) is 24.5 Å². The van der Waals surface area contributed by atoms with Crippen molar-refractivity contribution < 1.29 is 0 Å². The predicted molar refractivity (Wildman–Crippen MR) is 91.3 cm³/mol. The van der Waals surface area contributed by atoms with Crippen molar-refractivity contribution in [2.45, 2.75) is 59.4 Å². The minimum atomic E-state index is 0.458. The van der Waals surface area contributed by atoms with Crippen LogP contribution >= 0.6 is 15.9 Å². The molecule has 19 heavy (non-hydrogen) atoms. The Morgan fingerprint density at radius 1 is 1.05 bits per heavy atom. The van der Waals surface area contributed by atoms with E-state index in [1.54, 1.807) is 0 Å². The van der Waals surface area contributed by atoms with E-state index in [1.807, 2.05) is 0 Å². The molecule has 0 saturated heterocycles. The highest BCUT2D eigenvalue weighted by molar-refractivity contribution is 9.09. The van der Waals surface area contributed by atoms with Crippen LogP contribution in [0, 0.1) is 5.41 Å². The fourth-order valence-electron chi connectivity index (χ4n) is 3.17. The first-order chi connectivity index (χ1) is 8.94. The van der Waals surface area contributed by atoms with E-state index < -0.39 is 0 Å². The average molecular weight is 335 g/mol. The standard InChI is InChI=1S/C16H35BrN2/c1-7-10-16(13-17,11-8-2)14-19(9-3)15(4)12-18(5)6/h15H,7-14H2,1-6H3. The van der Waals surface area contributed by atoms with Crippen molar-refractivity contribution in [1.82, 2.24) is 9.80 Å². The smallest absolute Gasteiger partial charge is 0.0194 e. The van der Waals surface area contributed by atoms with Gasteiger partial charge in [0.1, 0.15) is 0 Å². The van der Waals surface area contributed by atoms with Crippen LogP contribution in [-0.4, -0.2) is 54.9 Å². The molecule has 0 aliphatic rings. The van der Waals surface area contributed by atoms with Crippen LogP contribution in [0.5, 0.6) is 0 Å². The molecular weight excluding hydrogens is 300 g/mol. The molecule has 116 valence electrons. The van der Waals surface area contributed by atoms with Gasteiger partial charge in [-0.1, -0.05) is 49.5 Å². The van der Waals surface area contributed by atoms with E-state index in [0.29, 0.717) is 11.5 Å². The lowest BCUT2D eigenvalue weighted by molar-refractivity contribution is 0.105. The molecule has 0 aromatic carbocycles. The maximum atomic E-state index is 3.80. The highest BCUT2D eigenvalue weighted by atomic mass is 79.9. The minimum absolute atomic E-state index is 0.458. The van der Waals surface area contributed by atoms with Crippen LogP contribution in [0.1, 0.15) is 53.4 Å². The Hall–Kier alpha value is 0.400. The number of rotatable bonds is 11. The zero-order valence-electron chi connectivity index (χ0n) is 14.0. The highest BCUT2D eigenvalue weighted by Gasteiger charge is 2.30. The number of hydrogen-bond acceptors (Lipinski definition) is 2. The van der Waals surface area contributed by atoms with E-state index in [0.717, 1.165) is 18.4 Å². The van der Waals surface area contributed by atoms with Crippen LogP contribution in [0.2, 0.25) is 0 Å². The Labute approximate surface area is 130 Å². The van der Waals surface area contributed by atoms with Crippen molar-refractivity contribution in [2.24, 2.45) is 5.41 Å². The monoisotopic (exact) mass is 334 g/mol. The van der Waals surface area contributed by atoms with E-state index >= 15 is 0 Å². The third kappa shape index (κ3) is 7.10. The molecule has 0 aromatic rings. The maximum Gasteiger partial charge on any atom is 0.0194 e. The molecule has 0 aromatic heterocycles. The van der Waals surface area contributed by atoms with Crippen LogP contribution in [-0.2, 0) is 0 Å². The third-order valence-corrected chi connectivity index (χ3v) is 5.23. The number of halogens is 1. The summed E-state index contributed by atoms with van der Waals surface area (Å²) in [6.45, 7) is 12.8. The maximum absolute atomic E-state index is 3.80. The summed E-state index contributed by atoms with van der Waals surface area (Å²) in [5.41, 5.74) is 0.458. The lowest BCUT2D eigenvalue weighted by atomic mass is 9.80. The minimum Gasteiger partial charge on any atom is -0.308 e. The summed E-state index contributed by atoms with van der Waals surface area (Å²) in [6.07, 6.45) is 5.23. The summed E-state index contributed by atoms with van der Waals surface area (Å²) >= 11 is 3.80. The first-order valence-electron chi connectivity index (χ1n) is 7.89. The molecule has 0 rings (SSSR count). The van der Waals surface area contributed by atoms with Crippen molar-refractivity contribution in [3.8, 4) is 0 Å².